The van der Waals surface area contributed by atoms with Gasteiger partial charge in [-0.25, -0.2) is 8.42 Å². The average Bonchev–Trinajstić information content (AvgIpc) is 2.15. The molecule has 3 nitrogen and oxygen atoms in total. The summed E-state index contributed by atoms with van der Waals surface area (Å²) in [4.78, 5) is 0. The van der Waals surface area contributed by atoms with Gasteiger partial charge in [-0.1, -0.05) is 30.3 Å². The van der Waals surface area contributed by atoms with Crippen LogP contribution in [-0.2, 0) is 9.84 Å². The molecule has 0 saturated carbocycles. The zero-order valence-electron chi connectivity index (χ0n) is 8.21. The van der Waals surface area contributed by atoms with E-state index in [9.17, 15) is 13.5 Å². The third-order valence-corrected chi connectivity index (χ3v) is 3.87. The van der Waals surface area contributed by atoms with Gasteiger partial charge in [-0.3, -0.25) is 0 Å². The van der Waals surface area contributed by atoms with Crippen molar-refractivity contribution in [3.63, 3.8) is 0 Å². The van der Waals surface area contributed by atoms with Crippen LogP contribution >= 0.6 is 0 Å². The highest BCUT2D eigenvalue weighted by molar-refractivity contribution is 7.91. The standard InChI is InChI=1S/C10H14O3S/c1-8(14(2,12)13)10(11)9-6-4-3-5-7-9/h3-8,10-11H,1-2H3/t8-,10-/m0/s1. The first kappa shape index (κ1) is 11.2. The summed E-state index contributed by atoms with van der Waals surface area (Å²) in [6.07, 6.45) is 0.176. The zero-order valence-corrected chi connectivity index (χ0v) is 9.03. The molecule has 1 rings (SSSR count). The molecule has 0 saturated heterocycles. The van der Waals surface area contributed by atoms with Gasteiger partial charge in [-0.15, -0.1) is 0 Å². The average molecular weight is 214 g/mol. The predicted molar refractivity (Wildman–Crippen MR) is 55.7 cm³/mol. The number of aliphatic hydroxyl groups excluding tert-OH is 1. The van der Waals surface area contributed by atoms with Gasteiger partial charge in [-0.05, 0) is 12.5 Å². The number of benzene rings is 1. The van der Waals surface area contributed by atoms with E-state index in [1.165, 1.54) is 6.92 Å². The molecule has 2 atom stereocenters. The maximum Gasteiger partial charge on any atom is 0.152 e. The third kappa shape index (κ3) is 2.56. The second-order valence-corrected chi connectivity index (χ2v) is 5.79. The highest BCUT2D eigenvalue weighted by atomic mass is 32.2. The lowest BCUT2D eigenvalue weighted by Crippen LogP contribution is -2.24. The predicted octanol–water partition coefficient (Wildman–Crippen LogP) is 1.15. The Morgan fingerprint density at radius 1 is 1.21 bits per heavy atom. The van der Waals surface area contributed by atoms with Gasteiger partial charge in [0.15, 0.2) is 9.84 Å². The third-order valence-electron chi connectivity index (χ3n) is 2.26. The minimum atomic E-state index is -3.20. The van der Waals surface area contributed by atoms with Gasteiger partial charge < -0.3 is 5.11 Å². The minimum absolute atomic E-state index is 0.630. The molecule has 0 unspecified atom stereocenters. The summed E-state index contributed by atoms with van der Waals surface area (Å²) in [7, 11) is -3.20. The minimum Gasteiger partial charge on any atom is -0.387 e. The van der Waals surface area contributed by atoms with Gasteiger partial charge in [0.25, 0.3) is 0 Å². The Hall–Kier alpha value is -0.870. The molecule has 0 amide bonds. The largest absolute Gasteiger partial charge is 0.387 e. The SMILES string of the molecule is C[C@@H]([C@H](O)c1ccccc1)S(C)(=O)=O. The van der Waals surface area contributed by atoms with Crippen LogP contribution in [0.1, 0.15) is 18.6 Å². The quantitative estimate of drug-likeness (QED) is 0.821. The number of hydrogen-bond acceptors (Lipinski definition) is 3. The van der Waals surface area contributed by atoms with Crippen molar-refractivity contribution < 1.29 is 13.5 Å². The normalized spacial score (nSPS) is 16.2. The van der Waals surface area contributed by atoms with Gasteiger partial charge in [0.1, 0.15) is 0 Å². The Balaban J connectivity index is 2.92. The summed E-state index contributed by atoms with van der Waals surface area (Å²) in [5.74, 6) is 0. The molecular weight excluding hydrogens is 200 g/mol. The summed E-state index contributed by atoms with van der Waals surface area (Å²) in [6, 6.07) is 8.79. The van der Waals surface area contributed by atoms with Crippen LogP contribution in [0.5, 0.6) is 0 Å². The van der Waals surface area contributed by atoms with Crippen molar-refractivity contribution in [1.29, 1.82) is 0 Å². The van der Waals surface area contributed by atoms with Crippen molar-refractivity contribution >= 4 is 9.84 Å². The summed E-state index contributed by atoms with van der Waals surface area (Å²) >= 11 is 0. The molecule has 0 aliphatic carbocycles. The van der Waals surface area contributed by atoms with E-state index in [4.69, 9.17) is 0 Å². The maximum atomic E-state index is 11.2. The van der Waals surface area contributed by atoms with E-state index in [0.717, 1.165) is 6.26 Å². The lowest BCUT2D eigenvalue weighted by Gasteiger charge is -2.17. The molecule has 0 radical (unpaired) electrons. The molecule has 0 aliphatic rings. The summed E-state index contributed by atoms with van der Waals surface area (Å²) in [6.45, 7) is 1.51. The molecule has 14 heavy (non-hydrogen) atoms. The van der Waals surface area contributed by atoms with E-state index < -0.39 is 21.2 Å². The molecule has 0 fully saturated rings. The fourth-order valence-electron chi connectivity index (χ4n) is 1.16. The van der Waals surface area contributed by atoms with Gasteiger partial charge in [0.2, 0.25) is 0 Å². The molecule has 1 aromatic carbocycles. The lowest BCUT2D eigenvalue weighted by atomic mass is 10.1. The molecule has 1 aromatic rings. The highest BCUT2D eigenvalue weighted by Gasteiger charge is 2.24. The van der Waals surface area contributed by atoms with Crippen LogP contribution in [0.25, 0.3) is 0 Å². The van der Waals surface area contributed by atoms with Crippen LogP contribution in [-0.4, -0.2) is 25.0 Å². The molecule has 0 aromatic heterocycles. The van der Waals surface area contributed by atoms with E-state index in [2.05, 4.69) is 0 Å². The summed E-state index contributed by atoms with van der Waals surface area (Å²) in [5.41, 5.74) is 0.630. The Kier molecular flexibility index (Phi) is 3.29. The molecule has 0 heterocycles. The van der Waals surface area contributed by atoms with E-state index in [1.807, 2.05) is 6.07 Å². The van der Waals surface area contributed by atoms with Crippen LogP contribution < -0.4 is 0 Å². The molecule has 0 bridgehead atoms. The molecule has 1 N–H and O–H groups in total. The van der Waals surface area contributed by atoms with Crippen LogP contribution in [0.15, 0.2) is 30.3 Å². The molecule has 0 spiro atoms. The number of aliphatic hydroxyl groups is 1. The van der Waals surface area contributed by atoms with E-state index in [0.29, 0.717) is 5.56 Å². The first-order valence-corrected chi connectivity index (χ1v) is 6.30. The Labute approximate surface area is 84.3 Å². The highest BCUT2D eigenvalue weighted by Crippen LogP contribution is 2.20. The molecule has 4 heteroatoms. The van der Waals surface area contributed by atoms with Crippen LogP contribution in [0, 0.1) is 0 Å². The first-order valence-electron chi connectivity index (χ1n) is 4.35. The van der Waals surface area contributed by atoms with Crippen molar-refractivity contribution in [3.05, 3.63) is 35.9 Å². The fraction of sp³-hybridized carbons (Fsp3) is 0.400. The van der Waals surface area contributed by atoms with Gasteiger partial charge in [0, 0.05) is 6.26 Å². The van der Waals surface area contributed by atoms with E-state index in [1.54, 1.807) is 24.3 Å². The van der Waals surface area contributed by atoms with Crippen LogP contribution in [0.3, 0.4) is 0 Å². The molecular formula is C10H14O3S. The monoisotopic (exact) mass is 214 g/mol. The Morgan fingerprint density at radius 3 is 2.14 bits per heavy atom. The van der Waals surface area contributed by atoms with Crippen molar-refractivity contribution in [3.8, 4) is 0 Å². The van der Waals surface area contributed by atoms with Crippen molar-refractivity contribution in [2.45, 2.75) is 18.3 Å². The number of sulfone groups is 1. The topological polar surface area (TPSA) is 54.4 Å². The van der Waals surface area contributed by atoms with Crippen molar-refractivity contribution in [1.82, 2.24) is 0 Å². The van der Waals surface area contributed by atoms with E-state index in [-0.39, 0.29) is 0 Å². The fourth-order valence-corrected chi connectivity index (χ4v) is 1.78. The summed E-state index contributed by atoms with van der Waals surface area (Å²) in [5, 5.41) is 8.97. The number of rotatable bonds is 3. The second kappa shape index (κ2) is 4.11. The van der Waals surface area contributed by atoms with Gasteiger partial charge >= 0.3 is 0 Å². The number of hydrogen-bond donors (Lipinski definition) is 1. The van der Waals surface area contributed by atoms with Crippen LogP contribution in [0.4, 0.5) is 0 Å². The van der Waals surface area contributed by atoms with Crippen molar-refractivity contribution in [2.24, 2.45) is 0 Å². The van der Waals surface area contributed by atoms with Gasteiger partial charge in [-0.2, -0.15) is 0 Å². The van der Waals surface area contributed by atoms with Gasteiger partial charge in [0.05, 0.1) is 11.4 Å². The Bertz CT molecular complexity index is 383. The molecule has 78 valence electrons. The second-order valence-electron chi connectivity index (χ2n) is 3.39. The van der Waals surface area contributed by atoms with E-state index >= 15 is 0 Å². The Morgan fingerprint density at radius 2 is 1.71 bits per heavy atom. The lowest BCUT2D eigenvalue weighted by molar-refractivity contribution is 0.176. The maximum absolute atomic E-state index is 11.2. The molecule has 0 aliphatic heterocycles. The van der Waals surface area contributed by atoms with Crippen molar-refractivity contribution in [2.75, 3.05) is 6.26 Å². The zero-order chi connectivity index (χ0) is 10.8. The van der Waals surface area contributed by atoms with Crippen LogP contribution in [0.2, 0.25) is 0 Å². The summed E-state index contributed by atoms with van der Waals surface area (Å²) < 4.78 is 22.4. The first-order chi connectivity index (χ1) is 6.43. The smallest absolute Gasteiger partial charge is 0.152 e.